The summed E-state index contributed by atoms with van der Waals surface area (Å²) in [4.78, 5) is 15.4. The topological polar surface area (TPSA) is 79.6 Å². The molecule has 9 heteroatoms. The van der Waals surface area contributed by atoms with Gasteiger partial charge in [-0.2, -0.15) is 0 Å². The van der Waals surface area contributed by atoms with E-state index in [2.05, 4.69) is 4.72 Å². The Morgan fingerprint density at radius 2 is 2.04 bits per heavy atom. The molecule has 0 saturated carbocycles. The van der Waals surface area contributed by atoms with E-state index in [1.54, 1.807) is 38.2 Å². The summed E-state index contributed by atoms with van der Waals surface area (Å²) in [5.41, 5.74) is 1.04. The SMILES string of the molecule is Cc1ccc(S(=O)(=O)NCc2ccco2)cc1C(=O)N(C)Cc1ccc(Cl)s1. The summed E-state index contributed by atoms with van der Waals surface area (Å²) in [6.45, 7) is 2.20. The van der Waals surface area contributed by atoms with Crippen molar-refractivity contribution in [2.75, 3.05) is 7.05 Å². The van der Waals surface area contributed by atoms with Crippen molar-refractivity contribution in [1.82, 2.24) is 9.62 Å². The molecule has 0 atom stereocenters. The van der Waals surface area contributed by atoms with Crippen LogP contribution >= 0.6 is 22.9 Å². The molecule has 0 aliphatic carbocycles. The lowest BCUT2D eigenvalue weighted by molar-refractivity contribution is 0.0785. The van der Waals surface area contributed by atoms with Gasteiger partial charge in [-0.15, -0.1) is 11.3 Å². The van der Waals surface area contributed by atoms with E-state index in [9.17, 15) is 13.2 Å². The third-order valence-corrected chi connectivity index (χ3v) is 6.75. The highest BCUT2D eigenvalue weighted by Gasteiger charge is 2.20. The molecule has 3 rings (SSSR count). The summed E-state index contributed by atoms with van der Waals surface area (Å²) in [6, 6.07) is 11.5. The van der Waals surface area contributed by atoms with Crippen molar-refractivity contribution in [1.29, 1.82) is 0 Å². The smallest absolute Gasteiger partial charge is 0.254 e. The fourth-order valence-corrected chi connectivity index (χ4v) is 4.77. The molecule has 0 spiro atoms. The number of rotatable bonds is 7. The molecule has 148 valence electrons. The van der Waals surface area contributed by atoms with Crippen LogP contribution in [0.2, 0.25) is 4.34 Å². The van der Waals surface area contributed by atoms with Crippen molar-refractivity contribution in [3.63, 3.8) is 0 Å². The van der Waals surface area contributed by atoms with E-state index >= 15 is 0 Å². The monoisotopic (exact) mass is 438 g/mol. The highest BCUT2D eigenvalue weighted by Crippen LogP contribution is 2.24. The van der Waals surface area contributed by atoms with Crippen LogP contribution in [0.15, 0.2) is 58.0 Å². The molecule has 2 heterocycles. The van der Waals surface area contributed by atoms with Gasteiger partial charge in [-0.1, -0.05) is 17.7 Å². The molecule has 0 radical (unpaired) electrons. The number of hydrogen-bond acceptors (Lipinski definition) is 5. The molecular weight excluding hydrogens is 420 g/mol. The molecule has 28 heavy (non-hydrogen) atoms. The van der Waals surface area contributed by atoms with E-state index < -0.39 is 10.0 Å². The largest absolute Gasteiger partial charge is 0.468 e. The first-order valence-electron chi connectivity index (χ1n) is 8.38. The Morgan fingerprint density at radius 1 is 1.25 bits per heavy atom. The second-order valence-electron chi connectivity index (χ2n) is 6.25. The second kappa shape index (κ2) is 8.48. The van der Waals surface area contributed by atoms with Crippen LogP contribution in [0.25, 0.3) is 0 Å². The molecule has 0 unspecified atom stereocenters. The molecule has 1 amide bonds. The number of carbonyl (C=O) groups is 1. The van der Waals surface area contributed by atoms with Gasteiger partial charge in [-0.25, -0.2) is 13.1 Å². The fourth-order valence-electron chi connectivity index (χ4n) is 2.61. The van der Waals surface area contributed by atoms with E-state index in [0.717, 1.165) is 4.88 Å². The quantitative estimate of drug-likeness (QED) is 0.603. The molecule has 2 aromatic heterocycles. The maximum atomic E-state index is 12.9. The summed E-state index contributed by atoms with van der Waals surface area (Å²) in [5, 5.41) is 0. The minimum Gasteiger partial charge on any atom is -0.468 e. The normalized spacial score (nSPS) is 11.5. The van der Waals surface area contributed by atoms with E-state index in [1.807, 2.05) is 6.07 Å². The molecule has 0 fully saturated rings. The van der Waals surface area contributed by atoms with Gasteiger partial charge >= 0.3 is 0 Å². The van der Waals surface area contributed by atoms with Crippen LogP contribution in [0.5, 0.6) is 0 Å². The highest BCUT2D eigenvalue weighted by atomic mass is 35.5. The maximum Gasteiger partial charge on any atom is 0.254 e. The molecule has 1 N–H and O–H groups in total. The first-order valence-corrected chi connectivity index (χ1v) is 11.1. The van der Waals surface area contributed by atoms with Crippen LogP contribution in [0, 0.1) is 6.92 Å². The van der Waals surface area contributed by atoms with Gasteiger partial charge in [0.25, 0.3) is 5.91 Å². The zero-order chi connectivity index (χ0) is 20.3. The van der Waals surface area contributed by atoms with Crippen molar-refractivity contribution in [2.24, 2.45) is 0 Å². The Hall–Kier alpha value is -2.13. The molecule has 0 aliphatic rings. The van der Waals surface area contributed by atoms with Gasteiger partial charge < -0.3 is 9.32 Å². The number of carbonyl (C=O) groups excluding carboxylic acids is 1. The Bertz CT molecular complexity index is 1080. The summed E-state index contributed by atoms with van der Waals surface area (Å²) < 4.78 is 33.4. The van der Waals surface area contributed by atoms with Gasteiger partial charge in [0.1, 0.15) is 5.76 Å². The second-order valence-corrected chi connectivity index (χ2v) is 9.81. The molecule has 3 aromatic rings. The van der Waals surface area contributed by atoms with Crippen LogP contribution < -0.4 is 4.72 Å². The van der Waals surface area contributed by atoms with E-state index in [0.29, 0.717) is 27.8 Å². The summed E-state index contributed by atoms with van der Waals surface area (Å²) in [7, 11) is -2.11. The number of aryl methyl sites for hydroxylation is 1. The minimum atomic E-state index is -3.79. The summed E-state index contributed by atoms with van der Waals surface area (Å²) in [6.07, 6.45) is 1.48. The van der Waals surface area contributed by atoms with E-state index in [4.69, 9.17) is 16.0 Å². The lowest BCUT2D eigenvalue weighted by atomic mass is 10.1. The average molecular weight is 439 g/mol. The van der Waals surface area contributed by atoms with Crippen molar-refractivity contribution in [3.05, 3.63) is 74.8 Å². The lowest BCUT2D eigenvalue weighted by Gasteiger charge is -2.18. The van der Waals surface area contributed by atoms with Crippen molar-refractivity contribution in [3.8, 4) is 0 Å². The molecule has 0 aliphatic heterocycles. The predicted molar refractivity (Wildman–Crippen MR) is 109 cm³/mol. The molecule has 1 aromatic carbocycles. The number of thiophene rings is 1. The van der Waals surface area contributed by atoms with Crippen LogP contribution in [-0.4, -0.2) is 26.3 Å². The molecule has 6 nitrogen and oxygen atoms in total. The Morgan fingerprint density at radius 3 is 2.68 bits per heavy atom. The zero-order valence-electron chi connectivity index (χ0n) is 15.3. The highest BCUT2D eigenvalue weighted by molar-refractivity contribution is 7.89. The number of halogens is 1. The van der Waals surface area contributed by atoms with Crippen LogP contribution in [0.1, 0.15) is 26.6 Å². The lowest BCUT2D eigenvalue weighted by Crippen LogP contribution is -2.27. The zero-order valence-corrected chi connectivity index (χ0v) is 17.7. The standard InChI is InChI=1S/C19H19ClN2O4S2/c1-13-5-7-16(28(24,25)21-11-14-4-3-9-26-14)10-17(13)19(23)22(2)12-15-6-8-18(20)27-15/h3-10,21H,11-12H2,1-2H3. The first-order chi connectivity index (χ1) is 13.3. The number of benzene rings is 1. The predicted octanol–water partition coefficient (Wildman–Crippen LogP) is 4.05. The van der Waals surface area contributed by atoms with Gasteiger partial charge in [0.2, 0.25) is 10.0 Å². The fraction of sp³-hybridized carbons (Fsp3) is 0.211. The minimum absolute atomic E-state index is 0.0283. The van der Waals surface area contributed by atoms with Gasteiger partial charge in [-0.05, 0) is 48.9 Å². The van der Waals surface area contributed by atoms with Crippen molar-refractivity contribution < 1.29 is 17.6 Å². The third-order valence-electron chi connectivity index (χ3n) is 4.13. The Kier molecular flexibility index (Phi) is 6.24. The number of amides is 1. The number of hydrogen-bond donors (Lipinski definition) is 1. The van der Waals surface area contributed by atoms with Gasteiger partial charge in [-0.3, -0.25) is 4.79 Å². The molecule has 0 bridgehead atoms. The number of nitrogens with zero attached hydrogens (tertiary/aromatic N) is 1. The Balaban J connectivity index is 1.78. The molecule has 0 saturated heterocycles. The molecular formula is C19H19ClN2O4S2. The van der Waals surface area contributed by atoms with E-state index in [-0.39, 0.29) is 17.3 Å². The van der Waals surface area contributed by atoms with Crippen LogP contribution in [0.4, 0.5) is 0 Å². The van der Waals surface area contributed by atoms with Crippen molar-refractivity contribution in [2.45, 2.75) is 24.9 Å². The first kappa shape index (κ1) is 20.6. The van der Waals surface area contributed by atoms with Gasteiger partial charge in [0.15, 0.2) is 0 Å². The third kappa shape index (κ3) is 4.82. The maximum absolute atomic E-state index is 12.9. The average Bonchev–Trinajstić information content (AvgIpc) is 3.31. The Labute approximate surface area is 172 Å². The number of sulfonamides is 1. The number of nitrogens with one attached hydrogen (secondary N) is 1. The van der Waals surface area contributed by atoms with Gasteiger partial charge in [0, 0.05) is 17.5 Å². The van der Waals surface area contributed by atoms with Crippen LogP contribution in [0.3, 0.4) is 0 Å². The summed E-state index contributed by atoms with van der Waals surface area (Å²) in [5.74, 6) is 0.242. The number of furan rings is 1. The van der Waals surface area contributed by atoms with Gasteiger partial charge in [0.05, 0.1) is 28.6 Å². The van der Waals surface area contributed by atoms with E-state index in [1.165, 1.54) is 34.6 Å². The van der Waals surface area contributed by atoms with Crippen LogP contribution in [-0.2, 0) is 23.1 Å². The van der Waals surface area contributed by atoms with Crippen molar-refractivity contribution >= 4 is 38.9 Å². The summed E-state index contributed by atoms with van der Waals surface area (Å²) >= 11 is 7.34.